The molecule has 3 amide bonds. The van der Waals surface area contributed by atoms with E-state index in [1.807, 2.05) is 31.2 Å². The van der Waals surface area contributed by atoms with Crippen molar-refractivity contribution in [2.24, 2.45) is 0 Å². The molecule has 1 saturated carbocycles. The van der Waals surface area contributed by atoms with Gasteiger partial charge in [0.1, 0.15) is 5.75 Å². The molecule has 1 aromatic carbocycles. The Morgan fingerprint density at radius 2 is 2.00 bits per heavy atom. The number of halogens is 1. The minimum atomic E-state index is -0.342. The molecule has 1 N–H and O–H groups in total. The average molecular weight is 484 g/mol. The Labute approximate surface area is 201 Å². The fraction of sp³-hybridized carbons (Fsp3) is 0.400. The molecule has 1 aliphatic carbocycles. The van der Waals surface area contributed by atoms with Gasteiger partial charge >= 0.3 is 6.03 Å². The number of urea groups is 1. The minimum absolute atomic E-state index is 0.155. The number of hydrogen-bond donors (Lipinski definition) is 1. The van der Waals surface area contributed by atoms with Gasteiger partial charge in [0.2, 0.25) is 5.91 Å². The molecule has 3 aromatic rings. The van der Waals surface area contributed by atoms with E-state index >= 15 is 0 Å². The van der Waals surface area contributed by atoms with Crippen LogP contribution in [-0.4, -0.2) is 34.5 Å². The fourth-order valence-corrected chi connectivity index (χ4v) is 6.05. The van der Waals surface area contributed by atoms with Gasteiger partial charge in [-0.1, -0.05) is 18.0 Å². The van der Waals surface area contributed by atoms with Gasteiger partial charge in [0.05, 0.1) is 22.9 Å². The number of amides is 3. The Hall–Kier alpha value is -2.64. The summed E-state index contributed by atoms with van der Waals surface area (Å²) in [6, 6.07) is 7.51. The highest BCUT2D eigenvalue weighted by atomic mass is 35.5. The number of nitrogens with one attached hydrogen (secondary N) is 1. The highest BCUT2D eigenvalue weighted by Gasteiger charge is 2.27. The molecule has 33 heavy (non-hydrogen) atoms. The smallest absolute Gasteiger partial charge is 0.324 e. The molecule has 0 unspecified atom stereocenters. The number of ether oxygens (including phenoxy) is 1. The Balaban J connectivity index is 1.53. The molecule has 1 saturated heterocycles. The summed E-state index contributed by atoms with van der Waals surface area (Å²) >= 11 is 8.02. The molecule has 6 nitrogen and oxygen atoms in total. The summed E-state index contributed by atoms with van der Waals surface area (Å²) in [5, 5.41) is 3.40. The highest BCUT2D eigenvalue weighted by Crippen LogP contribution is 2.42. The minimum Gasteiger partial charge on any atom is -0.490 e. The summed E-state index contributed by atoms with van der Waals surface area (Å²) in [7, 11) is 0. The van der Waals surface area contributed by atoms with E-state index < -0.39 is 0 Å². The van der Waals surface area contributed by atoms with Gasteiger partial charge < -0.3 is 10.1 Å². The maximum absolute atomic E-state index is 12.2. The molecular weight excluding hydrogens is 458 g/mol. The number of nitrogens with zero attached hydrogens (tertiary/aromatic N) is 2. The zero-order valence-corrected chi connectivity index (χ0v) is 20.1. The summed E-state index contributed by atoms with van der Waals surface area (Å²) in [5.74, 6) is 0.720. The first-order valence-corrected chi connectivity index (χ1v) is 12.6. The van der Waals surface area contributed by atoms with Crippen LogP contribution in [0.15, 0.2) is 30.5 Å². The Bertz CT molecular complexity index is 1200. The van der Waals surface area contributed by atoms with Crippen LogP contribution < -0.4 is 10.1 Å². The second-order valence-corrected chi connectivity index (χ2v) is 10.3. The Morgan fingerprint density at radius 3 is 2.79 bits per heavy atom. The first-order valence-electron chi connectivity index (χ1n) is 11.4. The molecule has 2 aliphatic rings. The van der Waals surface area contributed by atoms with Crippen molar-refractivity contribution < 1.29 is 14.3 Å². The second kappa shape index (κ2) is 9.31. The summed E-state index contributed by atoms with van der Waals surface area (Å²) in [6.45, 7) is 2.67. The van der Waals surface area contributed by atoms with Crippen molar-refractivity contribution in [3.05, 3.63) is 45.9 Å². The van der Waals surface area contributed by atoms with Crippen LogP contribution in [0.5, 0.6) is 5.75 Å². The number of imide groups is 1. The van der Waals surface area contributed by atoms with Crippen LogP contribution in [-0.2, 0) is 11.3 Å². The first kappa shape index (κ1) is 22.2. The number of pyridine rings is 1. The molecule has 3 heterocycles. The van der Waals surface area contributed by atoms with E-state index in [1.54, 1.807) is 17.5 Å². The third-order valence-electron chi connectivity index (χ3n) is 6.30. The van der Waals surface area contributed by atoms with E-state index in [4.69, 9.17) is 16.3 Å². The average Bonchev–Trinajstić information content (AvgIpc) is 3.22. The molecule has 2 aromatic heterocycles. The zero-order chi connectivity index (χ0) is 22.9. The third-order valence-corrected chi connectivity index (χ3v) is 7.67. The van der Waals surface area contributed by atoms with Gasteiger partial charge in [0.15, 0.2) is 0 Å². The van der Waals surface area contributed by atoms with E-state index in [0.29, 0.717) is 18.0 Å². The van der Waals surface area contributed by atoms with Gasteiger partial charge in [-0.25, -0.2) is 4.79 Å². The van der Waals surface area contributed by atoms with Crippen LogP contribution in [0.4, 0.5) is 4.79 Å². The predicted molar refractivity (Wildman–Crippen MR) is 131 cm³/mol. The topological polar surface area (TPSA) is 71.5 Å². The lowest BCUT2D eigenvalue weighted by Gasteiger charge is -2.26. The molecule has 0 radical (unpaired) electrons. The van der Waals surface area contributed by atoms with Crippen LogP contribution in [0.2, 0.25) is 5.02 Å². The Kier molecular flexibility index (Phi) is 6.25. The fourth-order valence-electron chi connectivity index (χ4n) is 4.65. The SMILES string of the molecule is Cc1cc(Cl)cc(-c2ccnc3cc(CN4C(=O)CCNC4=O)sc23)c1OC1CCCCC1. The molecule has 0 atom stereocenters. The van der Waals surface area contributed by atoms with Crippen molar-refractivity contribution >= 4 is 45.1 Å². The highest BCUT2D eigenvalue weighted by molar-refractivity contribution is 7.19. The quantitative estimate of drug-likeness (QED) is 0.477. The predicted octanol–water partition coefficient (Wildman–Crippen LogP) is 6.08. The summed E-state index contributed by atoms with van der Waals surface area (Å²) in [4.78, 5) is 31.1. The molecule has 8 heteroatoms. The van der Waals surface area contributed by atoms with Crippen molar-refractivity contribution in [1.29, 1.82) is 0 Å². The number of carbonyl (C=O) groups is 2. The zero-order valence-electron chi connectivity index (χ0n) is 18.5. The van der Waals surface area contributed by atoms with E-state index in [9.17, 15) is 9.59 Å². The number of fused-ring (bicyclic) bond motifs is 1. The Morgan fingerprint density at radius 1 is 1.18 bits per heavy atom. The van der Waals surface area contributed by atoms with Gasteiger partial charge in [-0.2, -0.15) is 0 Å². The van der Waals surface area contributed by atoms with Crippen molar-refractivity contribution in [2.75, 3.05) is 6.54 Å². The van der Waals surface area contributed by atoms with Crippen molar-refractivity contribution in [3.8, 4) is 16.9 Å². The van der Waals surface area contributed by atoms with Gasteiger partial charge in [-0.05, 0) is 62.4 Å². The van der Waals surface area contributed by atoms with Crippen LogP contribution >= 0.6 is 22.9 Å². The maximum Gasteiger partial charge on any atom is 0.324 e. The molecule has 1 aliphatic heterocycles. The largest absolute Gasteiger partial charge is 0.490 e. The molecular formula is C25H26ClN3O3S. The number of carbonyl (C=O) groups excluding carboxylic acids is 2. The van der Waals surface area contributed by atoms with Gasteiger partial charge in [-0.15, -0.1) is 11.3 Å². The number of thiophene rings is 1. The molecule has 0 spiro atoms. The normalized spacial score (nSPS) is 17.5. The lowest BCUT2D eigenvalue weighted by molar-refractivity contribution is -0.129. The number of hydrogen-bond acceptors (Lipinski definition) is 5. The van der Waals surface area contributed by atoms with Gasteiger partial charge in [-0.3, -0.25) is 14.7 Å². The molecule has 2 fully saturated rings. The second-order valence-electron chi connectivity index (χ2n) is 8.72. The van der Waals surface area contributed by atoms with E-state index in [1.165, 1.54) is 24.2 Å². The van der Waals surface area contributed by atoms with Crippen LogP contribution in [0.1, 0.15) is 49.0 Å². The summed E-state index contributed by atoms with van der Waals surface area (Å²) in [5.41, 5.74) is 3.80. The molecule has 5 rings (SSSR count). The molecule has 0 bridgehead atoms. The van der Waals surface area contributed by atoms with Crippen molar-refractivity contribution in [1.82, 2.24) is 15.2 Å². The molecule has 172 valence electrons. The number of rotatable bonds is 5. The number of aryl methyl sites for hydroxylation is 1. The summed E-state index contributed by atoms with van der Waals surface area (Å²) in [6.07, 6.45) is 8.14. The van der Waals surface area contributed by atoms with Crippen molar-refractivity contribution in [2.45, 2.75) is 58.1 Å². The van der Waals surface area contributed by atoms with E-state index in [0.717, 1.165) is 50.4 Å². The monoisotopic (exact) mass is 483 g/mol. The summed E-state index contributed by atoms with van der Waals surface area (Å²) < 4.78 is 7.54. The van der Waals surface area contributed by atoms with Crippen molar-refractivity contribution in [3.63, 3.8) is 0 Å². The van der Waals surface area contributed by atoms with Gasteiger partial charge in [0.25, 0.3) is 0 Å². The van der Waals surface area contributed by atoms with Crippen LogP contribution in [0.3, 0.4) is 0 Å². The maximum atomic E-state index is 12.2. The van der Waals surface area contributed by atoms with Crippen LogP contribution in [0, 0.1) is 6.92 Å². The van der Waals surface area contributed by atoms with Gasteiger partial charge in [0, 0.05) is 40.2 Å². The van der Waals surface area contributed by atoms with E-state index in [2.05, 4.69) is 10.3 Å². The van der Waals surface area contributed by atoms with Crippen LogP contribution in [0.25, 0.3) is 21.3 Å². The lowest BCUT2D eigenvalue weighted by Crippen LogP contribution is -2.49. The number of benzene rings is 1. The van der Waals surface area contributed by atoms with E-state index in [-0.39, 0.29) is 24.6 Å². The standard InChI is InChI=1S/C25H26ClN3O3S/c1-15-11-16(26)12-20(23(15)32-17-5-3-2-4-6-17)19-7-9-27-21-13-18(33-24(19)21)14-29-22(30)8-10-28-25(29)31/h7,9,11-13,17H,2-6,8,10,14H2,1H3,(H,28,31). The number of aromatic nitrogens is 1. The first-order chi connectivity index (χ1) is 16.0. The lowest BCUT2D eigenvalue weighted by atomic mass is 9.97. The third kappa shape index (κ3) is 4.57.